The molecule has 1 fully saturated rings. The molecule has 0 bridgehead atoms. The molecule has 150 valence electrons. The molecule has 2 aromatic heterocycles. The van der Waals surface area contributed by atoms with E-state index >= 15 is 0 Å². The van der Waals surface area contributed by atoms with Crippen molar-refractivity contribution in [3.05, 3.63) is 88.2 Å². The highest BCUT2D eigenvalue weighted by molar-refractivity contribution is 6.31. The van der Waals surface area contributed by atoms with Crippen LogP contribution in [-0.2, 0) is 6.54 Å². The van der Waals surface area contributed by atoms with Crippen LogP contribution in [0.15, 0.2) is 60.7 Å². The number of nitrogens with zero attached hydrogens (tertiary/aromatic N) is 3. The van der Waals surface area contributed by atoms with E-state index in [1.807, 2.05) is 72.3 Å². The Morgan fingerprint density at radius 3 is 2.60 bits per heavy atom. The summed E-state index contributed by atoms with van der Waals surface area (Å²) in [5.74, 6) is 0.281. The number of hydrogen-bond acceptors (Lipinski definition) is 3. The fourth-order valence-corrected chi connectivity index (χ4v) is 3.94. The van der Waals surface area contributed by atoms with Gasteiger partial charge in [0.25, 0.3) is 5.91 Å². The Labute approximate surface area is 179 Å². The Morgan fingerprint density at radius 1 is 1.13 bits per heavy atom. The molecule has 0 spiro atoms. The van der Waals surface area contributed by atoms with Crippen LogP contribution < -0.4 is 5.32 Å². The van der Waals surface area contributed by atoms with Gasteiger partial charge in [-0.3, -0.25) is 4.79 Å². The van der Waals surface area contributed by atoms with Crippen molar-refractivity contribution in [1.29, 1.82) is 0 Å². The lowest BCUT2D eigenvalue weighted by atomic mass is 10.1. The van der Waals surface area contributed by atoms with Gasteiger partial charge in [-0.1, -0.05) is 48.0 Å². The van der Waals surface area contributed by atoms with Gasteiger partial charge in [0, 0.05) is 23.2 Å². The van der Waals surface area contributed by atoms with Crippen LogP contribution in [0.25, 0.3) is 16.7 Å². The van der Waals surface area contributed by atoms with Crippen molar-refractivity contribution >= 4 is 28.5 Å². The zero-order chi connectivity index (χ0) is 20.7. The Bertz CT molecular complexity index is 1250. The number of rotatable bonds is 5. The maximum absolute atomic E-state index is 13.2. The molecular formula is C24H21ClN4O. The fourth-order valence-electron chi connectivity index (χ4n) is 3.74. The summed E-state index contributed by atoms with van der Waals surface area (Å²) < 4.78 is 1.83. The van der Waals surface area contributed by atoms with E-state index in [2.05, 4.69) is 5.32 Å². The van der Waals surface area contributed by atoms with Crippen LogP contribution in [0.1, 0.15) is 46.1 Å². The number of pyridine rings is 1. The highest BCUT2D eigenvalue weighted by Gasteiger charge is 2.29. The first-order valence-electron chi connectivity index (χ1n) is 10.1. The van der Waals surface area contributed by atoms with Crippen molar-refractivity contribution < 1.29 is 4.79 Å². The number of fused-ring (bicyclic) bond motifs is 1. The van der Waals surface area contributed by atoms with Crippen LogP contribution in [0.2, 0.25) is 5.02 Å². The fraction of sp³-hybridized carbons (Fsp3) is 0.208. The SMILES string of the molecule is Cc1nn(-c2ccccc2)c2nc(C3CC3)cc(C(=O)NCc3ccccc3Cl)c12. The number of amides is 1. The third-order valence-corrected chi connectivity index (χ3v) is 5.84. The zero-order valence-corrected chi connectivity index (χ0v) is 17.4. The van der Waals surface area contributed by atoms with Gasteiger partial charge in [0.05, 0.1) is 22.3 Å². The summed E-state index contributed by atoms with van der Waals surface area (Å²) in [6.45, 7) is 2.29. The first kappa shape index (κ1) is 18.8. The third-order valence-electron chi connectivity index (χ3n) is 5.47. The molecule has 1 amide bonds. The molecule has 0 aliphatic heterocycles. The highest BCUT2D eigenvalue weighted by atomic mass is 35.5. The Hall–Kier alpha value is -3.18. The van der Waals surface area contributed by atoms with Gasteiger partial charge in [0.15, 0.2) is 5.65 Å². The lowest BCUT2D eigenvalue weighted by Crippen LogP contribution is -2.23. The van der Waals surface area contributed by atoms with E-state index in [4.69, 9.17) is 21.7 Å². The molecule has 4 aromatic rings. The van der Waals surface area contributed by atoms with Gasteiger partial charge in [-0.15, -0.1) is 0 Å². The van der Waals surface area contributed by atoms with Crippen molar-refractivity contribution in [1.82, 2.24) is 20.1 Å². The summed E-state index contributed by atoms with van der Waals surface area (Å²) in [6.07, 6.45) is 2.22. The maximum atomic E-state index is 13.2. The number of halogens is 1. The number of carbonyl (C=O) groups is 1. The molecule has 6 heteroatoms. The Balaban J connectivity index is 1.58. The number of aryl methyl sites for hydroxylation is 1. The molecule has 5 nitrogen and oxygen atoms in total. The Morgan fingerprint density at radius 2 is 1.87 bits per heavy atom. The van der Waals surface area contributed by atoms with E-state index in [9.17, 15) is 4.79 Å². The summed E-state index contributed by atoms with van der Waals surface area (Å²) in [6, 6.07) is 19.4. The molecule has 1 saturated carbocycles. The second-order valence-electron chi connectivity index (χ2n) is 7.67. The molecule has 0 atom stereocenters. The number of benzene rings is 2. The van der Waals surface area contributed by atoms with E-state index in [0.717, 1.165) is 46.5 Å². The van der Waals surface area contributed by atoms with Crippen LogP contribution in [0.5, 0.6) is 0 Å². The van der Waals surface area contributed by atoms with Crippen LogP contribution in [-0.4, -0.2) is 20.7 Å². The molecule has 30 heavy (non-hydrogen) atoms. The van der Waals surface area contributed by atoms with Crippen LogP contribution in [0, 0.1) is 6.92 Å². The van der Waals surface area contributed by atoms with Gasteiger partial charge in [-0.2, -0.15) is 5.10 Å². The van der Waals surface area contributed by atoms with E-state index in [0.29, 0.717) is 23.0 Å². The normalized spacial score (nSPS) is 13.5. The van der Waals surface area contributed by atoms with Crippen LogP contribution in [0.3, 0.4) is 0 Å². The molecule has 0 saturated heterocycles. The van der Waals surface area contributed by atoms with Gasteiger partial charge >= 0.3 is 0 Å². The molecule has 5 rings (SSSR count). The topological polar surface area (TPSA) is 59.8 Å². The number of hydrogen-bond donors (Lipinski definition) is 1. The van der Waals surface area contributed by atoms with Gasteiger partial charge in [0.1, 0.15) is 0 Å². The van der Waals surface area contributed by atoms with Crippen molar-refractivity contribution in [2.75, 3.05) is 0 Å². The predicted octanol–water partition coefficient (Wildman–Crippen LogP) is 5.19. The van der Waals surface area contributed by atoms with Crippen LogP contribution >= 0.6 is 11.6 Å². The minimum Gasteiger partial charge on any atom is -0.348 e. The van der Waals surface area contributed by atoms with E-state index in [1.54, 1.807) is 0 Å². The predicted molar refractivity (Wildman–Crippen MR) is 118 cm³/mol. The first-order valence-corrected chi connectivity index (χ1v) is 10.5. The standard InChI is InChI=1S/C24H21ClN4O/c1-15-22-19(24(30)26-14-17-7-5-6-10-20(17)25)13-21(16-11-12-16)27-23(22)29(28-15)18-8-3-2-4-9-18/h2-10,13,16H,11-12,14H2,1H3,(H,26,30). The third kappa shape index (κ3) is 3.46. The summed E-state index contributed by atoms with van der Waals surface area (Å²) in [5, 5.41) is 9.17. The average Bonchev–Trinajstić information content (AvgIpc) is 3.57. The molecule has 1 aliphatic rings. The van der Waals surface area contributed by atoms with Gasteiger partial charge in [0.2, 0.25) is 0 Å². The van der Waals surface area contributed by atoms with Gasteiger partial charge < -0.3 is 5.32 Å². The smallest absolute Gasteiger partial charge is 0.252 e. The van der Waals surface area contributed by atoms with E-state index in [1.165, 1.54) is 0 Å². The summed E-state index contributed by atoms with van der Waals surface area (Å²) in [4.78, 5) is 18.1. The zero-order valence-electron chi connectivity index (χ0n) is 16.6. The van der Waals surface area contributed by atoms with Crippen LogP contribution in [0.4, 0.5) is 0 Å². The second-order valence-corrected chi connectivity index (χ2v) is 8.08. The molecular weight excluding hydrogens is 396 g/mol. The van der Waals surface area contributed by atoms with E-state index < -0.39 is 0 Å². The maximum Gasteiger partial charge on any atom is 0.252 e. The summed E-state index contributed by atoms with van der Waals surface area (Å²) in [7, 11) is 0. The minimum absolute atomic E-state index is 0.139. The largest absolute Gasteiger partial charge is 0.348 e. The highest BCUT2D eigenvalue weighted by Crippen LogP contribution is 2.40. The molecule has 0 unspecified atom stereocenters. The molecule has 2 aromatic carbocycles. The van der Waals surface area contributed by atoms with Crippen molar-refractivity contribution in [3.63, 3.8) is 0 Å². The van der Waals surface area contributed by atoms with Crippen molar-refractivity contribution in [3.8, 4) is 5.69 Å². The lowest BCUT2D eigenvalue weighted by molar-refractivity contribution is 0.0952. The molecule has 1 aliphatic carbocycles. The first-order chi connectivity index (χ1) is 14.6. The Kier molecular flexibility index (Phi) is 4.75. The van der Waals surface area contributed by atoms with Gasteiger partial charge in [-0.05, 0) is 49.6 Å². The number of aromatic nitrogens is 3. The van der Waals surface area contributed by atoms with Crippen molar-refractivity contribution in [2.24, 2.45) is 0 Å². The van der Waals surface area contributed by atoms with Gasteiger partial charge in [-0.25, -0.2) is 9.67 Å². The lowest BCUT2D eigenvalue weighted by Gasteiger charge is -2.10. The average molecular weight is 417 g/mol. The quantitative estimate of drug-likeness (QED) is 0.487. The number of nitrogens with one attached hydrogen (secondary N) is 1. The van der Waals surface area contributed by atoms with E-state index in [-0.39, 0.29) is 5.91 Å². The van der Waals surface area contributed by atoms with Crippen molar-refractivity contribution in [2.45, 2.75) is 32.2 Å². The number of para-hydroxylation sites is 1. The molecule has 1 N–H and O–H groups in total. The second kappa shape index (κ2) is 7.58. The summed E-state index contributed by atoms with van der Waals surface area (Å²) in [5.41, 5.74) is 4.91. The minimum atomic E-state index is -0.139. The summed E-state index contributed by atoms with van der Waals surface area (Å²) >= 11 is 6.25. The monoisotopic (exact) mass is 416 g/mol. The molecule has 2 heterocycles. The number of carbonyl (C=O) groups excluding carboxylic acids is 1. The molecule has 0 radical (unpaired) electrons.